The average Bonchev–Trinajstić information content (AvgIpc) is 3.39. The zero-order valence-corrected chi connectivity index (χ0v) is 47.9. The molecule has 73 heavy (non-hydrogen) atoms. The molecule has 0 spiro atoms. The molecule has 0 N–H and O–H groups in total. The molecule has 0 heterocycles. The van der Waals surface area contributed by atoms with E-state index in [4.69, 9.17) is 14.2 Å². The van der Waals surface area contributed by atoms with Gasteiger partial charge in [-0.25, -0.2) is 0 Å². The minimum Gasteiger partial charge on any atom is -0.462 e. The Morgan fingerprint density at radius 2 is 0.534 bits per heavy atom. The van der Waals surface area contributed by atoms with Crippen molar-refractivity contribution >= 4 is 17.9 Å². The predicted molar refractivity (Wildman–Crippen MR) is 316 cm³/mol. The summed E-state index contributed by atoms with van der Waals surface area (Å²) >= 11 is 0. The highest BCUT2D eigenvalue weighted by atomic mass is 16.6. The standard InChI is InChI=1S/C67H114O6/c1-4-7-10-13-16-19-21-23-25-27-29-30-31-32-33-34-35-36-38-39-41-43-45-48-51-54-57-60-66(69)72-63-64(62-71-65(68)59-56-53-50-47-18-15-12-9-6-3)73-67(70)61-58-55-52-49-46-44-42-40-37-28-26-24-22-20-17-14-11-8-5-2/h8,11,17,20-21,23-24,26-27,29,31-32,37,40,44,46,64H,4-7,9-10,12-16,18-19,22,25,28,30,33-36,38-39,41-43,45,47-63H2,1-3H3/b11-8-,20-17-,23-21-,26-24-,29-27-,32-31-,40-37-,46-44-. The molecule has 0 radical (unpaired) electrons. The molecule has 1 unspecified atom stereocenters. The van der Waals surface area contributed by atoms with E-state index in [1.165, 1.54) is 141 Å². The summed E-state index contributed by atoms with van der Waals surface area (Å²) in [6, 6.07) is 0. The highest BCUT2D eigenvalue weighted by Gasteiger charge is 2.19. The zero-order valence-electron chi connectivity index (χ0n) is 47.9. The summed E-state index contributed by atoms with van der Waals surface area (Å²) in [7, 11) is 0. The summed E-state index contributed by atoms with van der Waals surface area (Å²) in [5.74, 6) is -0.922. The number of rotatable bonds is 55. The largest absolute Gasteiger partial charge is 0.462 e. The van der Waals surface area contributed by atoms with E-state index in [2.05, 4.69) is 118 Å². The zero-order chi connectivity index (χ0) is 52.9. The van der Waals surface area contributed by atoms with Gasteiger partial charge in [0.05, 0.1) is 0 Å². The Morgan fingerprint density at radius 1 is 0.288 bits per heavy atom. The van der Waals surface area contributed by atoms with Crippen molar-refractivity contribution in [2.75, 3.05) is 13.2 Å². The van der Waals surface area contributed by atoms with Crippen LogP contribution in [0.2, 0.25) is 0 Å². The second-order valence-electron chi connectivity index (χ2n) is 20.2. The van der Waals surface area contributed by atoms with Gasteiger partial charge in [0.1, 0.15) is 13.2 Å². The van der Waals surface area contributed by atoms with E-state index >= 15 is 0 Å². The van der Waals surface area contributed by atoms with Crippen LogP contribution in [0.4, 0.5) is 0 Å². The Kier molecular flexibility index (Phi) is 57.8. The van der Waals surface area contributed by atoms with E-state index in [9.17, 15) is 14.4 Å². The quantitative estimate of drug-likeness (QED) is 0.0261. The van der Waals surface area contributed by atoms with Crippen molar-refractivity contribution in [3.8, 4) is 0 Å². The number of carbonyl (C=O) groups is 3. The molecule has 0 aliphatic rings. The minimum absolute atomic E-state index is 0.0900. The third kappa shape index (κ3) is 59.1. The van der Waals surface area contributed by atoms with Crippen molar-refractivity contribution in [2.24, 2.45) is 0 Å². The summed E-state index contributed by atoms with van der Waals surface area (Å²) in [5, 5.41) is 0. The lowest BCUT2D eigenvalue weighted by molar-refractivity contribution is -0.167. The van der Waals surface area contributed by atoms with Gasteiger partial charge in [-0.3, -0.25) is 14.4 Å². The Morgan fingerprint density at radius 3 is 0.849 bits per heavy atom. The number of unbranched alkanes of at least 4 members (excludes halogenated alkanes) is 28. The van der Waals surface area contributed by atoms with Gasteiger partial charge in [0.25, 0.3) is 0 Å². The molecular formula is C67H114O6. The number of hydrogen-bond donors (Lipinski definition) is 0. The van der Waals surface area contributed by atoms with Crippen molar-refractivity contribution < 1.29 is 28.6 Å². The fourth-order valence-corrected chi connectivity index (χ4v) is 8.48. The van der Waals surface area contributed by atoms with Crippen LogP contribution in [0.5, 0.6) is 0 Å². The van der Waals surface area contributed by atoms with Gasteiger partial charge in [-0.05, 0) is 103 Å². The van der Waals surface area contributed by atoms with Gasteiger partial charge in [0.2, 0.25) is 0 Å². The predicted octanol–water partition coefficient (Wildman–Crippen LogP) is 20.9. The van der Waals surface area contributed by atoms with Crippen LogP contribution in [0.3, 0.4) is 0 Å². The maximum Gasteiger partial charge on any atom is 0.306 e. The molecule has 6 nitrogen and oxygen atoms in total. The molecule has 0 aliphatic heterocycles. The Labute approximate surface area is 451 Å². The normalized spacial score (nSPS) is 12.8. The lowest BCUT2D eigenvalue weighted by Crippen LogP contribution is -2.30. The first kappa shape index (κ1) is 69.3. The van der Waals surface area contributed by atoms with Crippen LogP contribution in [-0.4, -0.2) is 37.2 Å². The van der Waals surface area contributed by atoms with Crippen molar-refractivity contribution in [1.29, 1.82) is 0 Å². The summed E-state index contributed by atoms with van der Waals surface area (Å²) in [5.41, 5.74) is 0. The summed E-state index contributed by atoms with van der Waals surface area (Å²) < 4.78 is 16.8. The molecular weight excluding hydrogens is 901 g/mol. The molecule has 0 rings (SSSR count). The smallest absolute Gasteiger partial charge is 0.306 e. The third-order valence-corrected chi connectivity index (χ3v) is 13.1. The second-order valence-corrected chi connectivity index (χ2v) is 20.2. The number of carbonyl (C=O) groups excluding carboxylic acids is 3. The fourth-order valence-electron chi connectivity index (χ4n) is 8.48. The highest BCUT2D eigenvalue weighted by Crippen LogP contribution is 2.15. The summed E-state index contributed by atoms with van der Waals surface area (Å²) in [4.78, 5) is 38.1. The maximum atomic E-state index is 12.8. The molecule has 418 valence electrons. The second kappa shape index (κ2) is 60.9. The van der Waals surface area contributed by atoms with Crippen LogP contribution >= 0.6 is 0 Å². The first-order chi connectivity index (χ1) is 36.0. The molecule has 0 saturated heterocycles. The summed E-state index contributed by atoms with van der Waals surface area (Å²) in [6.07, 6.45) is 81.3. The molecule has 0 bridgehead atoms. The summed E-state index contributed by atoms with van der Waals surface area (Å²) in [6.45, 7) is 6.48. The number of allylic oxidation sites excluding steroid dienone is 16. The van der Waals surface area contributed by atoms with Crippen molar-refractivity contribution in [1.82, 2.24) is 0 Å². The molecule has 0 aromatic rings. The van der Waals surface area contributed by atoms with E-state index < -0.39 is 6.10 Å². The maximum absolute atomic E-state index is 12.8. The average molecular weight is 1020 g/mol. The van der Waals surface area contributed by atoms with Crippen LogP contribution in [0.25, 0.3) is 0 Å². The van der Waals surface area contributed by atoms with E-state index in [-0.39, 0.29) is 37.5 Å². The molecule has 0 aromatic heterocycles. The van der Waals surface area contributed by atoms with Crippen LogP contribution in [0.1, 0.15) is 290 Å². The Bertz CT molecular complexity index is 1440. The molecule has 1 atom stereocenters. The first-order valence-electron chi connectivity index (χ1n) is 30.7. The van der Waals surface area contributed by atoms with Gasteiger partial charge in [0, 0.05) is 19.3 Å². The molecule has 0 amide bonds. The SMILES string of the molecule is CC/C=C\C/C=C\C/C=C\C/C=C\C/C=C\CCCCCC(=O)OC(COC(=O)CCCCCCCCCCC)COC(=O)CCCCCCCCCCCCCC/C=C\C/C=C\C/C=C\CCCCCCC. The van der Waals surface area contributed by atoms with Crippen LogP contribution in [0.15, 0.2) is 97.2 Å². The van der Waals surface area contributed by atoms with Gasteiger partial charge >= 0.3 is 17.9 Å². The van der Waals surface area contributed by atoms with Gasteiger partial charge in [-0.1, -0.05) is 266 Å². The molecule has 0 aliphatic carbocycles. The minimum atomic E-state index is -0.794. The van der Waals surface area contributed by atoms with Crippen LogP contribution < -0.4 is 0 Å². The van der Waals surface area contributed by atoms with Crippen molar-refractivity contribution in [3.63, 3.8) is 0 Å². The molecule has 0 saturated carbocycles. The van der Waals surface area contributed by atoms with Gasteiger partial charge in [-0.15, -0.1) is 0 Å². The van der Waals surface area contributed by atoms with E-state index in [1.807, 2.05) is 0 Å². The van der Waals surface area contributed by atoms with E-state index in [0.717, 1.165) is 109 Å². The highest BCUT2D eigenvalue weighted by molar-refractivity contribution is 5.71. The topological polar surface area (TPSA) is 78.9 Å². The molecule has 0 fully saturated rings. The monoisotopic (exact) mass is 1010 g/mol. The third-order valence-electron chi connectivity index (χ3n) is 13.1. The number of ether oxygens (including phenoxy) is 3. The first-order valence-corrected chi connectivity index (χ1v) is 30.7. The Balaban J connectivity index is 4.26. The fraction of sp³-hybridized carbons (Fsp3) is 0.716. The lowest BCUT2D eigenvalue weighted by Gasteiger charge is -2.18. The van der Waals surface area contributed by atoms with E-state index in [0.29, 0.717) is 12.8 Å². The van der Waals surface area contributed by atoms with Crippen molar-refractivity contribution in [3.05, 3.63) is 97.2 Å². The number of esters is 3. The Hall–Kier alpha value is -3.67. The van der Waals surface area contributed by atoms with Crippen LogP contribution in [0, 0.1) is 0 Å². The van der Waals surface area contributed by atoms with Gasteiger partial charge in [0.15, 0.2) is 6.10 Å². The van der Waals surface area contributed by atoms with Crippen LogP contribution in [-0.2, 0) is 28.6 Å². The van der Waals surface area contributed by atoms with E-state index in [1.54, 1.807) is 0 Å². The molecule has 0 aromatic carbocycles. The van der Waals surface area contributed by atoms with Gasteiger partial charge in [-0.2, -0.15) is 0 Å². The number of hydrogen-bond acceptors (Lipinski definition) is 6. The lowest BCUT2D eigenvalue weighted by atomic mass is 10.0. The van der Waals surface area contributed by atoms with Gasteiger partial charge < -0.3 is 14.2 Å². The molecule has 6 heteroatoms. The van der Waals surface area contributed by atoms with Crippen molar-refractivity contribution in [2.45, 2.75) is 297 Å².